The maximum absolute atomic E-state index is 13.1. The molecule has 2 aromatic heterocycles. The molecule has 0 amide bonds. The van der Waals surface area contributed by atoms with Gasteiger partial charge in [0.2, 0.25) is 0 Å². The van der Waals surface area contributed by atoms with Gasteiger partial charge in [-0.2, -0.15) is 0 Å². The Labute approximate surface area is 122 Å². The van der Waals surface area contributed by atoms with Crippen LogP contribution in [-0.2, 0) is 0 Å². The lowest BCUT2D eigenvalue weighted by Crippen LogP contribution is -1.80. The SMILES string of the molecule is CC(C)SSc1nnc(-c2cc3cc(F)ccc3o2)o1. The number of hydrogen-bond donors (Lipinski definition) is 0. The van der Waals surface area contributed by atoms with E-state index in [0.717, 1.165) is 0 Å². The van der Waals surface area contributed by atoms with Crippen molar-refractivity contribution in [2.75, 3.05) is 0 Å². The van der Waals surface area contributed by atoms with Crippen LogP contribution in [0.25, 0.3) is 22.6 Å². The molecule has 3 aromatic rings. The third-order valence-corrected chi connectivity index (χ3v) is 5.07. The molecule has 0 aliphatic carbocycles. The fraction of sp³-hybridized carbons (Fsp3) is 0.231. The van der Waals surface area contributed by atoms with Gasteiger partial charge in [-0.25, -0.2) is 4.39 Å². The lowest BCUT2D eigenvalue weighted by Gasteiger charge is -1.97. The van der Waals surface area contributed by atoms with E-state index in [1.54, 1.807) is 22.9 Å². The predicted molar refractivity (Wildman–Crippen MR) is 78.0 cm³/mol. The average Bonchev–Trinajstić information content (AvgIpc) is 3.01. The van der Waals surface area contributed by atoms with Gasteiger partial charge in [0.25, 0.3) is 11.1 Å². The Morgan fingerprint density at radius 1 is 1.15 bits per heavy atom. The van der Waals surface area contributed by atoms with Crippen LogP contribution >= 0.6 is 21.6 Å². The van der Waals surface area contributed by atoms with Crippen LogP contribution in [0.15, 0.2) is 38.3 Å². The summed E-state index contributed by atoms with van der Waals surface area (Å²) >= 11 is 0. The summed E-state index contributed by atoms with van der Waals surface area (Å²) in [5.41, 5.74) is 0.588. The van der Waals surface area contributed by atoms with Crippen molar-refractivity contribution >= 4 is 32.6 Å². The topological polar surface area (TPSA) is 52.1 Å². The van der Waals surface area contributed by atoms with E-state index in [0.29, 0.717) is 33.1 Å². The normalized spacial score (nSPS) is 11.6. The standard InChI is InChI=1S/C13H11FN2O2S2/c1-7(2)19-20-13-16-15-12(18-13)11-6-8-5-9(14)3-4-10(8)17-11/h3-7H,1-2H3. The second-order valence-electron chi connectivity index (χ2n) is 4.39. The first-order valence-electron chi connectivity index (χ1n) is 5.98. The molecule has 104 valence electrons. The van der Waals surface area contributed by atoms with E-state index in [1.807, 2.05) is 0 Å². The van der Waals surface area contributed by atoms with Crippen LogP contribution < -0.4 is 0 Å². The van der Waals surface area contributed by atoms with Crippen LogP contribution in [0.1, 0.15) is 13.8 Å². The van der Waals surface area contributed by atoms with Crippen molar-refractivity contribution in [2.24, 2.45) is 0 Å². The molecule has 0 atom stereocenters. The molecule has 0 aliphatic heterocycles. The average molecular weight is 310 g/mol. The van der Waals surface area contributed by atoms with Crippen molar-refractivity contribution in [1.29, 1.82) is 0 Å². The maximum atomic E-state index is 13.1. The Morgan fingerprint density at radius 2 is 2.00 bits per heavy atom. The van der Waals surface area contributed by atoms with Gasteiger partial charge < -0.3 is 8.83 Å². The summed E-state index contributed by atoms with van der Waals surface area (Å²) in [5, 5.41) is 9.50. The van der Waals surface area contributed by atoms with Gasteiger partial charge in [0.05, 0.1) is 0 Å². The highest BCUT2D eigenvalue weighted by Crippen LogP contribution is 2.35. The number of benzene rings is 1. The summed E-state index contributed by atoms with van der Waals surface area (Å²) < 4.78 is 24.2. The summed E-state index contributed by atoms with van der Waals surface area (Å²) in [4.78, 5) is 0. The molecule has 0 aliphatic rings. The number of rotatable bonds is 4. The summed E-state index contributed by atoms with van der Waals surface area (Å²) in [6, 6.07) is 6.03. The third kappa shape index (κ3) is 2.83. The zero-order valence-electron chi connectivity index (χ0n) is 10.8. The Morgan fingerprint density at radius 3 is 2.80 bits per heavy atom. The zero-order valence-corrected chi connectivity index (χ0v) is 12.4. The van der Waals surface area contributed by atoms with Crippen molar-refractivity contribution < 1.29 is 13.2 Å². The van der Waals surface area contributed by atoms with Gasteiger partial charge in [0, 0.05) is 21.4 Å². The number of nitrogens with zero attached hydrogens (tertiary/aromatic N) is 2. The fourth-order valence-corrected chi connectivity index (χ4v) is 3.09. The lowest BCUT2D eigenvalue weighted by atomic mass is 10.2. The second-order valence-corrected chi connectivity index (χ2v) is 7.12. The summed E-state index contributed by atoms with van der Waals surface area (Å²) in [6.45, 7) is 4.17. The van der Waals surface area contributed by atoms with Crippen LogP contribution in [0, 0.1) is 5.82 Å². The maximum Gasteiger partial charge on any atom is 0.287 e. The predicted octanol–water partition coefficient (Wildman–Crippen LogP) is 4.77. The molecule has 0 fully saturated rings. The van der Waals surface area contributed by atoms with E-state index in [9.17, 15) is 4.39 Å². The van der Waals surface area contributed by atoms with Crippen LogP contribution in [0.5, 0.6) is 0 Å². The minimum absolute atomic E-state index is 0.300. The first-order chi connectivity index (χ1) is 9.61. The first-order valence-corrected chi connectivity index (χ1v) is 8.19. The first kappa shape index (κ1) is 13.5. The van der Waals surface area contributed by atoms with E-state index >= 15 is 0 Å². The lowest BCUT2D eigenvalue weighted by molar-refractivity contribution is 0.453. The molecule has 4 nitrogen and oxygen atoms in total. The molecule has 2 heterocycles. The molecule has 0 saturated carbocycles. The molecule has 0 spiro atoms. The molecule has 0 radical (unpaired) electrons. The van der Waals surface area contributed by atoms with Crippen molar-refractivity contribution in [2.45, 2.75) is 24.3 Å². The number of aromatic nitrogens is 2. The van der Waals surface area contributed by atoms with Crippen molar-refractivity contribution in [3.63, 3.8) is 0 Å². The highest BCUT2D eigenvalue weighted by Gasteiger charge is 2.14. The highest BCUT2D eigenvalue weighted by atomic mass is 33.1. The minimum Gasteiger partial charge on any atom is -0.451 e. The summed E-state index contributed by atoms with van der Waals surface area (Å²) in [7, 11) is 3.07. The summed E-state index contributed by atoms with van der Waals surface area (Å²) in [5.74, 6) is 0.438. The minimum atomic E-state index is -0.306. The van der Waals surface area contributed by atoms with Gasteiger partial charge in [-0.05, 0) is 24.3 Å². The number of furan rings is 1. The number of hydrogen-bond acceptors (Lipinski definition) is 6. The summed E-state index contributed by atoms with van der Waals surface area (Å²) in [6.07, 6.45) is 0. The zero-order chi connectivity index (χ0) is 14.1. The van der Waals surface area contributed by atoms with Crippen LogP contribution in [0.4, 0.5) is 4.39 Å². The van der Waals surface area contributed by atoms with Gasteiger partial charge in [-0.3, -0.25) is 0 Å². The van der Waals surface area contributed by atoms with Crippen molar-refractivity contribution in [3.8, 4) is 11.7 Å². The Balaban J connectivity index is 1.87. The van der Waals surface area contributed by atoms with Gasteiger partial charge in [-0.15, -0.1) is 5.10 Å². The van der Waals surface area contributed by atoms with Crippen molar-refractivity contribution in [3.05, 3.63) is 30.1 Å². The molecular formula is C13H11FN2O2S2. The third-order valence-electron chi connectivity index (χ3n) is 2.41. The van der Waals surface area contributed by atoms with Crippen molar-refractivity contribution in [1.82, 2.24) is 10.2 Å². The van der Waals surface area contributed by atoms with Crippen LogP contribution in [0.3, 0.4) is 0 Å². The van der Waals surface area contributed by atoms with Gasteiger partial charge in [0.15, 0.2) is 5.76 Å². The van der Waals surface area contributed by atoms with Crippen LogP contribution in [0.2, 0.25) is 0 Å². The van der Waals surface area contributed by atoms with Gasteiger partial charge in [0.1, 0.15) is 11.4 Å². The number of halogens is 1. The molecule has 0 saturated heterocycles. The van der Waals surface area contributed by atoms with E-state index < -0.39 is 0 Å². The molecular weight excluding hydrogens is 299 g/mol. The van der Waals surface area contributed by atoms with E-state index in [4.69, 9.17) is 8.83 Å². The largest absolute Gasteiger partial charge is 0.451 e. The molecule has 3 rings (SSSR count). The van der Waals surface area contributed by atoms with E-state index in [1.165, 1.54) is 22.9 Å². The molecule has 0 bridgehead atoms. The van der Waals surface area contributed by atoms with Crippen LogP contribution in [-0.4, -0.2) is 15.4 Å². The Kier molecular flexibility index (Phi) is 3.71. The highest BCUT2D eigenvalue weighted by molar-refractivity contribution is 8.76. The quantitative estimate of drug-likeness (QED) is 0.647. The molecule has 7 heteroatoms. The van der Waals surface area contributed by atoms with E-state index in [2.05, 4.69) is 24.0 Å². The molecule has 20 heavy (non-hydrogen) atoms. The fourth-order valence-electron chi connectivity index (χ4n) is 1.60. The number of fused-ring (bicyclic) bond motifs is 1. The Bertz CT molecular complexity index is 739. The Hall–Kier alpha value is -1.47. The smallest absolute Gasteiger partial charge is 0.287 e. The molecule has 0 N–H and O–H groups in total. The second kappa shape index (κ2) is 5.49. The van der Waals surface area contributed by atoms with E-state index in [-0.39, 0.29) is 5.82 Å². The van der Waals surface area contributed by atoms with Gasteiger partial charge in [-0.1, -0.05) is 29.7 Å². The monoisotopic (exact) mass is 310 g/mol. The molecule has 0 unspecified atom stereocenters. The van der Waals surface area contributed by atoms with Gasteiger partial charge >= 0.3 is 0 Å². The molecule has 1 aromatic carbocycles.